The van der Waals surface area contributed by atoms with E-state index in [1.807, 2.05) is 32.2 Å². The van der Waals surface area contributed by atoms with Crippen molar-refractivity contribution in [3.05, 3.63) is 34.6 Å². The Morgan fingerprint density at radius 1 is 1.22 bits per heavy atom. The van der Waals surface area contributed by atoms with Crippen LogP contribution in [0.1, 0.15) is 25.3 Å². The van der Waals surface area contributed by atoms with Gasteiger partial charge in [-0.3, -0.25) is 4.79 Å². The fourth-order valence-corrected chi connectivity index (χ4v) is 5.11. The van der Waals surface area contributed by atoms with Crippen molar-refractivity contribution in [3.63, 3.8) is 0 Å². The van der Waals surface area contributed by atoms with E-state index in [0.29, 0.717) is 65.0 Å². The summed E-state index contributed by atoms with van der Waals surface area (Å²) >= 11 is 3.64. The van der Waals surface area contributed by atoms with E-state index in [9.17, 15) is 4.79 Å². The van der Waals surface area contributed by atoms with E-state index in [4.69, 9.17) is 23.7 Å². The molecular formula is C29H32BrN5O6. The molecule has 1 amide bonds. The van der Waals surface area contributed by atoms with E-state index in [2.05, 4.69) is 48.4 Å². The molecule has 1 fully saturated rings. The summed E-state index contributed by atoms with van der Waals surface area (Å²) in [6.45, 7) is 3.91. The predicted octanol–water partition coefficient (Wildman–Crippen LogP) is 3.85. The first-order valence-electron chi connectivity index (χ1n) is 13.3. The van der Waals surface area contributed by atoms with Gasteiger partial charge in [-0.1, -0.05) is 11.8 Å². The molecule has 3 heterocycles. The lowest BCUT2D eigenvalue weighted by Gasteiger charge is -2.30. The number of nitrogens with one attached hydrogen (secondary N) is 2. The van der Waals surface area contributed by atoms with Crippen LogP contribution in [0.25, 0.3) is 10.9 Å². The van der Waals surface area contributed by atoms with Crippen molar-refractivity contribution in [2.45, 2.75) is 31.9 Å². The van der Waals surface area contributed by atoms with Gasteiger partial charge in [-0.05, 0) is 47.8 Å². The van der Waals surface area contributed by atoms with Crippen LogP contribution < -0.4 is 29.6 Å². The average Bonchev–Trinajstić information content (AvgIpc) is 3.47. The van der Waals surface area contributed by atoms with Crippen LogP contribution >= 0.6 is 15.9 Å². The molecule has 5 rings (SSSR count). The SMILES string of the molecule is COc1cc2c(Nc3c(Br)cc(C#CC(C)OC)c4c3OCO4)ncnc2cc1OCCCC1NCCN(C)C1=O. The highest BCUT2D eigenvalue weighted by Crippen LogP contribution is 2.47. The molecule has 41 heavy (non-hydrogen) atoms. The zero-order valence-corrected chi connectivity index (χ0v) is 25.0. The fraction of sp³-hybridized carbons (Fsp3) is 0.414. The van der Waals surface area contributed by atoms with Crippen molar-refractivity contribution in [1.29, 1.82) is 0 Å². The van der Waals surface area contributed by atoms with Crippen molar-refractivity contribution >= 4 is 44.2 Å². The first-order valence-corrected chi connectivity index (χ1v) is 14.1. The number of aromatic nitrogens is 2. The first-order chi connectivity index (χ1) is 19.9. The molecule has 2 aliphatic rings. The minimum atomic E-state index is -0.221. The van der Waals surface area contributed by atoms with Gasteiger partial charge >= 0.3 is 0 Å². The van der Waals surface area contributed by atoms with Crippen LogP contribution in [0.4, 0.5) is 11.5 Å². The van der Waals surface area contributed by atoms with Gasteiger partial charge in [0, 0.05) is 43.2 Å². The van der Waals surface area contributed by atoms with Crippen LogP contribution in [-0.2, 0) is 9.53 Å². The molecular weight excluding hydrogens is 594 g/mol. The molecule has 11 nitrogen and oxygen atoms in total. The second kappa shape index (κ2) is 12.8. The van der Waals surface area contributed by atoms with Crippen molar-refractivity contribution in [3.8, 4) is 34.8 Å². The second-order valence-electron chi connectivity index (χ2n) is 9.62. The van der Waals surface area contributed by atoms with Gasteiger partial charge in [-0.15, -0.1) is 0 Å². The van der Waals surface area contributed by atoms with E-state index in [1.165, 1.54) is 6.33 Å². The van der Waals surface area contributed by atoms with Crippen molar-refractivity contribution < 1.29 is 28.5 Å². The van der Waals surface area contributed by atoms with Crippen molar-refractivity contribution in [2.24, 2.45) is 0 Å². The van der Waals surface area contributed by atoms with Crippen molar-refractivity contribution in [2.75, 3.05) is 53.1 Å². The number of benzene rings is 2. The molecule has 216 valence electrons. The van der Waals surface area contributed by atoms with Gasteiger partial charge in [0.05, 0.1) is 30.8 Å². The molecule has 2 aromatic carbocycles. The van der Waals surface area contributed by atoms with Crippen LogP contribution in [0.5, 0.6) is 23.0 Å². The van der Waals surface area contributed by atoms with Gasteiger partial charge in [0.25, 0.3) is 0 Å². The number of ether oxygens (including phenoxy) is 5. The largest absolute Gasteiger partial charge is 0.493 e. The molecule has 0 spiro atoms. The van der Waals surface area contributed by atoms with Crippen LogP contribution in [0.3, 0.4) is 0 Å². The summed E-state index contributed by atoms with van der Waals surface area (Å²) in [5.41, 5.74) is 2.01. The molecule has 1 aromatic heterocycles. The molecule has 0 radical (unpaired) electrons. The second-order valence-corrected chi connectivity index (χ2v) is 10.5. The third-order valence-electron chi connectivity index (χ3n) is 6.93. The average molecular weight is 627 g/mol. The molecule has 0 bridgehead atoms. The Morgan fingerprint density at radius 3 is 2.85 bits per heavy atom. The molecule has 0 aliphatic carbocycles. The Bertz CT molecular complexity index is 1510. The number of anilines is 2. The van der Waals surface area contributed by atoms with E-state index in [0.717, 1.165) is 22.9 Å². The Kier molecular flexibility index (Phi) is 8.97. The number of halogens is 1. The maximum Gasteiger partial charge on any atom is 0.239 e. The molecule has 2 aliphatic heterocycles. The third-order valence-corrected chi connectivity index (χ3v) is 7.55. The number of likely N-dealkylation sites (N-methyl/N-ethyl adjacent to an activating group) is 1. The highest BCUT2D eigenvalue weighted by molar-refractivity contribution is 9.10. The van der Waals surface area contributed by atoms with E-state index in [-0.39, 0.29) is 24.8 Å². The summed E-state index contributed by atoms with van der Waals surface area (Å²) in [7, 11) is 5.03. The number of hydrogen-bond acceptors (Lipinski definition) is 10. The number of carbonyl (C=O) groups excluding carboxylic acids is 1. The van der Waals surface area contributed by atoms with E-state index in [1.54, 1.807) is 19.1 Å². The van der Waals surface area contributed by atoms with Gasteiger partial charge in [0.15, 0.2) is 23.0 Å². The number of rotatable bonds is 9. The lowest BCUT2D eigenvalue weighted by Crippen LogP contribution is -2.53. The van der Waals surface area contributed by atoms with Gasteiger partial charge in [-0.25, -0.2) is 9.97 Å². The number of methoxy groups -OCH3 is 2. The summed E-state index contributed by atoms with van der Waals surface area (Å²) in [5, 5.41) is 7.38. The highest BCUT2D eigenvalue weighted by atomic mass is 79.9. The quantitative estimate of drug-likeness (QED) is 0.268. The topological polar surface area (TPSA) is 116 Å². The lowest BCUT2D eigenvalue weighted by atomic mass is 10.1. The van der Waals surface area contributed by atoms with Gasteiger partial charge in [-0.2, -0.15) is 0 Å². The summed E-state index contributed by atoms with van der Waals surface area (Å²) in [4.78, 5) is 23.0. The molecule has 2 unspecified atom stereocenters. The molecule has 0 saturated carbocycles. The Balaban J connectivity index is 1.36. The van der Waals surface area contributed by atoms with Gasteiger partial charge in [0.2, 0.25) is 12.7 Å². The standard InChI is InChI=1S/C29H32BrN5O6/c1-17(37-3)7-8-18-12-20(30)25(27-26(18)40-16-41-27)34-28-19-13-23(38-4)24(14-22(19)32-15-33-28)39-11-5-6-21-29(36)35(2)10-9-31-21/h12-15,17,21,31H,5-6,9-11,16H2,1-4H3,(H,32,33,34). The number of amides is 1. The molecule has 2 N–H and O–H groups in total. The molecule has 12 heteroatoms. The van der Waals surface area contributed by atoms with E-state index < -0.39 is 0 Å². The zero-order chi connectivity index (χ0) is 28.9. The minimum absolute atomic E-state index is 0.0791. The summed E-state index contributed by atoms with van der Waals surface area (Å²) in [6, 6.07) is 5.36. The summed E-state index contributed by atoms with van der Waals surface area (Å²) < 4.78 is 29.2. The molecule has 2 atom stereocenters. The number of hydrogen-bond donors (Lipinski definition) is 2. The Labute approximate surface area is 247 Å². The number of fused-ring (bicyclic) bond motifs is 2. The highest BCUT2D eigenvalue weighted by Gasteiger charge is 2.26. The van der Waals surface area contributed by atoms with Crippen LogP contribution in [0.15, 0.2) is 29.0 Å². The monoisotopic (exact) mass is 625 g/mol. The summed E-state index contributed by atoms with van der Waals surface area (Å²) in [6.07, 6.45) is 2.66. The van der Waals surface area contributed by atoms with Crippen molar-refractivity contribution in [1.82, 2.24) is 20.2 Å². The Hall–Kier alpha value is -3.79. The summed E-state index contributed by atoms with van der Waals surface area (Å²) in [5.74, 6) is 9.01. The molecule has 1 saturated heterocycles. The number of carbonyl (C=O) groups is 1. The molecule has 3 aromatic rings. The predicted molar refractivity (Wildman–Crippen MR) is 157 cm³/mol. The third kappa shape index (κ3) is 6.27. The van der Waals surface area contributed by atoms with Crippen LogP contribution in [0.2, 0.25) is 0 Å². The van der Waals surface area contributed by atoms with Crippen LogP contribution in [-0.4, -0.2) is 80.7 Å². The lowest BCUT2D eigenvalue weighted by molar-refractivity contribution is -0.134. The van der Waals surface area contributed by atoms with E-state index >= 15 is 0 Å². The van der Waals surface area contributed by atoms with Gasteiger partial charge < -0.3 is 39.2 Å². The normalized spacial score (nSPS) is 16.8. The zero-order valence-electron chi connectivity index (χ0n) is 23.4. The minimum Gasteiger partial charge on any atom is -0.493 e. The first kappa shape index (κ1) is 28.7. The number of piperazine rings is 1. The maximum absolute atomic E-state index is 12.3. The smallest absolute Gasteiger partial charge is 0.239 e. The van der Waals surface area contributed by atoms with Gasteiger partial charge in [0.1, 0.15) is 23.9 Å². The maximum atomic E-state index is 12.3. The Morgan fingerprint density at radius 2 is 2.05 bits per heavy atom. The van der Waals surface area contributed by atoms with Crippen LogP contribution in [0, 0.1) is 11.8 Å². The fourth-order valence-electron chi connectivity index (χ4n) is 4.60. The number of nitrogens with zero attached hydrogens (tertiary/aromatic N) is 3.